The Hall–Kier alpha value is -0.810. The first-order chi connectivity index (χ1) is 8.58. The number of halogens is 1. The lowest BCUT2D eigenvalue weighted by Gasteiger charge is -2.11. The first-order valence-electron chi connectivity index (χ1n) is 5.86. The Morgan fingerprint density at radius 3 is 2.78 bits per heavy atom. The van der Waals surface area contributed by atoms with Crippen LogP contribution in [-0.4, -0.2) is 14.8 Å². The van der Waals surface area contributed by atoms with E-state index < -0.39 is 0 Å². The molecule has 1 aromatic heterocycles. The van der Waals surface area contributed by atoms with Crippen LogP contribution >= 0.6 is 27.7 Å². The van der Waals surface area contributed by atoms with Crippen molar-refractivity contribution in [2.75, 3.05) is 0 Å². The lowest BCUT2D eigenvalue weighted by molar-refractivity contribution is 0.536. The molecule has 96 valence electrons. The molecule has 0 bridgehead atoms. The first-order valence-corrected chi connectivity index (χ1v) is 7.64. The monoisotopic (exact) mass is 325 g/mol. The van der Waals surface area contributed by atoms with Crippen LogP contribution in [0.25, 0.3) is 0 Å². The number of hydrogen-bond donors (Lipinski definition) is 0. The molecule has 0 saturated carbocycles. The van der Waals surface area contributed by atoms with Gasteiger partial charge >= 0.3 is 0 Å². The largest absolute Gasteiger partial charge is 0.304 e. The zero-order chi connectivity index (χ0) is 13.1. The summed E-state index contributed by atoms with van der Waals surface area (Å²) in [5.74, 6) is 1.88. The number of thioether (sulfide) groups is 1. The van der Waals surface area contributed by atoms with E-state index in [1.54, 1.807) is 11.8 Å². The molecule has 0 radical (unpaired) electrons. The number of rotatable bonds is 4. The molecule has 0 aliphatic heterocycles. The van der Waals surface area contributed by atoms with Gasteiger partial charge < -0.3 is 4.57 Å². The smallest absolute Gasteiger partial charge is 0.191 e. The average Bonchev–Trinajstić information content (AvgIpc) is 2.68. The van der Waals surface area contributed by atoms with Gasteiger partial charge in [-0.3, -0.25) is 0 Å². The summed E-state index contributed by atoms with van der Waals surface area (Å²) in [4.78, 5) is 0. The van der Waals surface area contributed by atoms with Gasteiger partial charge in [0.2, 0.25) is 0 Å². The predicted molar refractivity (Wildman–Crippen MR) is 78.8 cm³/mol. The second-order valence-corrected chi connectivity index (χ2v) is 6.27. The number of hydrogen-bond acceptors (Lipinski definition) is 3. The van der Waals surface area contributed by atoms with Gasteiger partial charge in [-0.05, 0) is 38.5 Å². The minimum atomic E-state index is 0.394. The van der Waals surface area contributed by atoms with E-state index in [9.17, 15) is 0 Å². The summed E-state index contributed by atoms with van der Waals surface area (Å²) in [7, 11) is 0. The van der Waals surface area contributed by atoms with Crippen LogP contribution in [0.1, 0.15) is 31.3 Å². The van der Waals surface area contributed by atoms with Crippen molar-refractivity contribution in [1.82, 2.24) is 14.8 Å². The SMILES string of the molecule is Cc1nnc(SCc2cccc(Br)c2)n1C(C)C. The van der Waals surface area contributed by atoms with Crippen molar-refractivity contribution in [3.8, 4) is 0 Å². The van der Waals surface area contributed by atoms with Crippen LogP contribution in [0.3, 0.4) is 0 Å². The normalized spacial score (nSPS) is 11.2. The van der Waals surface area contributed by atoms with Crippen molar-refractivity contribution in [2.45, 2.75) is 37.7 Å². The quantitative estimate of drug-likeness (QED) is 0.788. The van der Waals surface area contributed by atoms with E-state index in [2.05, 4.69) is 62.7 Å². The molecule has 0 aliphatic carbocycles. The molecule has 0 saturated heterocycles. The Morgan fingerprint density at radius 1 is 1.33 bits per heavy atom. The van der Waals surface area contributed by atoms with Crippen LogP contribution in [0.5, 0.6) is 0 Å². The van der Waals surface area contributed by atoms with E-state index in [-0.39, 0.29) is 0 Å². The molecule has 1 aromatic carbocycles. The lowest BCUT2D eigenvalue weighted by atomic mass is 10.2. The lowest BCUT2D eigenvalue weighted by Crippen LogP contribution is -2.04. The Kier molecular flexibility index (Phi) is 4.45. The van der Waals surface area contributed by atoms with Crippen molar-refractivity contribution >= 4 is 27.7 Å². The molecule has 0 fully saturated rings. The molecule has 3 nitrogen and oxygen atoms in total. The highest BCUT2D eigenvalue weighted by molar-refractivity contribution is 9.10. The number of aryl methyl sites for hydroxylation is 1. The van der Waals surface area contributed by atoms with Crippen molar-refractivity contribution in [3.05, 3.63) is 40.1 Å². The molecule has 5 heteroatoms. The molecular formula is C13H16BrN3S. The van der Waals surface area contributed by atoms with Gasteiger partial charge in [-0.15, -0.1) is 10.2 Å². The minimum Gasteiger partial charge on any atom is -0.304 e. The third-order valence-electron chi connectivity index (χ3n) is 2.61. The van der Waals surface area contributed by atoms with Crippen LogP contribution in [0, 0.1) is 6.92 Å². The van der Waals surface area contributed by atoms with Gasteiger partial charge in [-0.25, -0.2) is 0 Å². The summed E-state index contributed by atoms with van der Waals surface area (Å²) in [6.07, 6.45) is 0. The summed E-state index contributed by atoms with van der Waals surface area (Å²) in [5.41, 5.74) is 1.28. The molecule has 1 heterocycles. The Labute approximate surface area is 120 Å². The van der Waals surface area contributed by atoms with E-state index in [4.69, 9.17) is 0 Å². The Balaban J connectivity index is 2.11. The van der Waals surface area contributed by atoms with Crippen molar-refractivity contribution < 1.29 is 0 Å². The maximum atomic E-state index is 4.24. The minimum absolute atomic E-state index is 0.394. The fraction of sp³-hybridized carbons (Fsp3) is 0.385. The molecule has 2 rings (SSSR count). The van der Waals surface area contributed by atoms with Crippen LogP contribution < -0.4 is 0 Å². The highest BCUT2D eigenvalue weighted by Gasteiger charge is 2.12. The van der Waals surface area contributed by atoms with Gasteiger partial charge in [-0.2, -0.15) is 0 Å². The van der Waals surface area contributed by atoms with Crippen LogP contribution in [0.15, 0.2) is 33.9 Å². The van der Waals surface area contributed by atoms with Gasteiger partial charge in [0.1, 0.15) is 5.82 Å². The third kappa shape index (κ3) is 3.14. The van der Waals surface area contributed by atoms with E-state index in [1.807, 2.05) is 13.0 Å². The number of nitrogens with zero attached hydrogens (tertiary/aromatic N) is 3. The van der Waals surface area contributed by atoms with E-state index in [1.165, 1.54) is 5.56 Å². The maximum Gasteiger partial charge on any atom is 0.191 e. The molecular weight excluding hydrogens is 310 g/mol. The molecule has 0 N–H and O–H groups in total. The average molecular weight is 326 g/mol. The summed E-state index contributed by atoms with van der Waals surface area (Å²) >= 11 is 5.21. The Bertz CT molecular complexity index is 537. The first kappa shape index (κ1) is 13.6. The molecule has 0 amide bonds. The van der Waals surface area contributed by atoms with Gasteiger partial charge in [0.15, 0.2) is 5.16 Å². The maximum absolute atomic E-state index is 4.24. The van der Waals surface area contributed by atoms with E-state index >= 15 is 0 Å². The molecule has 2 aromatic rings. The fourth-order valence-corrected chi connectivity index (χ4v) is 3.32. The highest BCUT2D eigenvalue weighted by Crippen LogP contribution is 2.25. The topological polar surface area (TPSA) is 30.7 Å². The van der Waals surface area contributed by atoms with Crippen LogP contribution in [0.4, 0.5) is 0 Å². The van der Waals surface area contributed by atoms with Crippen LogP contribution in [-0.2, 0) is 5.75 Å². The standard InChI is InChI=1S/C13H16BrN3S/c1-9(2)17-10(3)15-16-13(17)18-8-11-5-4-6-12(14)7-11/h4-7,9H,8H2,1-3H3. The van der Waals surface area contributed by atoms with Crippen LogP contribution in [0.2, 0.25) is 0 Å². The molecule has 0 aliphatic rings. The zero-order valence-corrected chi connectivity index (χ0v) is 13.1. The second-order valence-electron chi connectivity index (χ2n) is 4.41. The van der Waals surface area contributed by atoms with Crippen molar-refractivity contribution in [2.24, 2.45) is 0 Å². The fourth-order valence-electron chi connectivity index (χ4n) is 1.82. The molecule has 0 unspecified atom stereocenters. The third-order valence-corrected chi connectivity index (χ3v) is 4.12. The van der Waals surface area contributed by atoms with Gasteiger partial charge in [0.25, 0.3) is 0 Å². The number of benzene rings is 1. The van der Waals surface area contributed by atoms with Gasteiger partial charge in [-0.1, -0.05) is 39.8 Å². The van der Waals surface area contributed by atoms with Gasteiger partial charge in [0, 0.05) is 16.3 Å². The summed E-state index contributed by atoms with van der Waals surface area (Å²) in [6, 6.07) is 8.74. The van der Waals surface area contributed by atoms with E-state index in [0.717, 1.165) is 21.2 Å². The van der Waals surface area contributed by atoms with E-state index in [0.29, 0.717) is 6.04 Å². The summed E-state index contributed by atoms with van der Waals surface area (Å²) < 4.78 is 3.28. The summed E-state index contributed by atoms with van der Waals surface area (Å²) in [6.45, 7) is 6.30. The molecule has 0 atom stereocenters. The zero-order valence-electron chi connectivity index (χ0n) is 10.7. The van der Waals surface area contributed by atoms with Gasteiger partial charge in [0.05, 0.1) is 0 Å². The predicted octanol–water partition coefficient (Wildman–Crippen LogP) is 4.22. The number of aromatic nitrogens is 3. The highest BCUT2D eigenvalue weighted by atomic mass is 79.9. The molecule has 0 spiro atoms. The Morgan fingerprint density at radius 2 is 2.11 bits per heavy atom. The second kappa shape index (κ2) is 5.89. The molecule has 18 heavy (non-hydrogen) atoms. The van der Waals surface area contributed by atoms with Crippen molar-refractivity contribution in [1.29, 1.82) is 0 Å². The summed E-state index contributed by atoms with van der Waals surface area (Å²) in [5, 5.41) is 9.38. The van der Waals surface area contributed by atoms with Crippen molar-refractivity contribution in [3.63, 3.8) is 0 Å².